The van der Waals surface area contributed by atoms with Crippen molar-refractivity contribution in [3.8, 4) is 0 Å². The summed E-state index contributed by atoms with van der Waals surface area (Å²) in [5.41, 5.74) is 0. The van der Waals surface area contributed by atoms with Gasteiger partial charge >= 0.3 is 19.8 Å². The zero-order chi connectivity index (χ0) is 49.2. The molecule has 0 aromatic rings. The lowest BCUT2D eigenvalue weighted by atomic mass is 9.85. The molecule has 1 aliphatic rings. The zero-order valence-electron chi connectivity index (χ0n) is 40.7. The van der Waals surface area contributed by atoms with E-state index >= 15 is 0 Å². The molecule has 13 nitrogen and oxygen atoms in total. The van der Waals surface area contributed by atoms with Gasteiger partial charge in [-0.2, -0.15) is 0 Å². The number of aliphatic hydroxyl groups is 5. The van der Waals surface area contributed by atoms with Crippen molar-refractivity contribution in [1.29, 1.82) is 0 Å². The van der Waals surface area contributed by atoms with Crippen molar-refractivity contribution in [3.63, 3.8) is 0 Å². The first-order valence-corrected chi connectivity index (χ1v) is 26.5. The third-order valence-corrected chi connectivity index (χ3v) is 11.9. The number of phosphoric ester groups is 1. The number of aliphatic hydroxyl groups excluding tert-OH is 5. The fourth-order valence-electron chi connectivity index (χ4n) is 6.97. The number of rotatable bonds is 40. The molecule has 0 saturated heterocycles. The SMILES string of the molecule is CC/C=C\C/C=C\C/C=C\C/C=C\CCCCCCCCCCCCC(=O)OC(COC(=O)CCCC/C=C\C/C=C\C/C=C\C/C=C\CC)COP(=O)(O)OC1C(O)C(O)C(O)C(O)C1O. The topological polar surface area (TPSA) is 210 Å². The van der Waals surface area contributed by atoms with Gasteiger partial charge in [-0.3, -0.25) is 18.6 Å². The van der Waals surface area contributed by atoms with E-state index in [9.17, 15) is 44.6 Å². The Kier molecular flexibility index (Phi) is 38.5. The molecule has 0 bridgehead atoms. The number of hydrogen-bond acceptors (Lipinski definition) is 12. The molecule has 0 aromatic carbocycles. The molecule has 0 radical (unpaired) electrons. The third kappa shape index (κ3) is 33.8. The van der Waals surface area contributed by atoms with Crippen LogP contribution in [0.2, 0.25) is 0 Å². The maximum Gasteiger partial charge on any atom is 0.472 e. The molecule has 1 rings (SSSR count). The molecule has 382 valence electrons. The van der Waals surface area contributed by atoms with E-state index < -0.39 is 75.7 Å². The molecular weight excluding hydrogens is 876 g/mol. The van der Waals surface area contributed by atoms with E-state index in [4.69, 9.17) is 18.5 Å². The van der Waals surface area contributed by atoms with Gasteiger partial charge in [0.2, 0.25) is 0 Å². The molecule has 1 saturated carbocycles. The minimum atomic E-state index is -5.14. The molecule has 67 heavy (non-hydrogen) atoms. The van der Waals surface area contributed by atoms with Crippen LogP contribution in [0.25, 0.3) is 0 Å². The van der Waals surface area contributed by atoms with E-state index in [1.54, 1.807) is 0 Å². The third-order valence-electron chi connectivity index (χ3n) is 10.9. The molecule has 0 aromatic heterocycles. The van der Waals surface area contributed by atoms with Crippen molar-refractivity contribution in [1.82, 2.24) is 0 Å². The van der Waals surface area contributed by atoms with Gasteiger partial charge in [0.05, 0.1) is 6.61 Å². The van der Waals surface area contributed by atoms with Gasteiger partial charge in [0.25, 0.3) is 0 Å². The second-order valence-electron chi connectivity index (χ2n) is 16.9. The maximum absolute atomic E-state index is 12.8. The summed E-state index contributed by atoms with van der Waals surface area (Å²) in [6.07, 6.45) is 43.1. The minimum absolute atomic E-state index is 0.0763. The largest absolute Gasteiger partial charge is 0.472 e. The number of carbonyl (C=O) groups excluding carboxylic acids is 2. The van der Waals surface area contributed by atoms with Gasteiger partial charge < -0.3 is 39.9 Å². The number of allylic oxidation sites excluding steroid dienone is 16. The molecule has 0 spiro atoms. The van der Waals surface area contributed by atoms with Crippen molar-refractivity contribution in [2.45, 2.75) is 211 Å². The first-order valence-electron chi connectivity index (χ1n) is 25.0. The van der Waals surface area contributed by atoms with Gasteiger partial charge in [-0.05, 0) is 89.9 Å². The van der Waals surface area contributed by atoms with Gasteiger partial charge in [0.1, 0.15) is 43.2 Å². The number of carbonyl (C=O) groups is 2. The van der Waals surface area contributed by atoms with Crippen molar-refractivity contribution in [2.75, 3.05) is 13.2 Å². The van der Waals surface area contributed by atoms with E-state index in [1.807, 2.05) is 0 Å². The zero-order valence-corrected chi connectivity index (χ0v) is 41.5. The number of phosphoric acid groups is 1. The minimum Gasteiger partial charge on any atom is -0.462 e. The average Bonchev–Trinajstić information content (AvgIpc) is 3.31. The second-order valence-corrected chi connectivity index (χ2v) is 18.3. The van der Waals surface area contributed by atoms with Crippen LogP contribution in [-0.4, -0.2) is 98.3 Å². The van der Waals surface area contributed by atoms with E-state index in [-0.39, 0.29) is 12.8 Å². The molecule has 6 unspecified atom stereocenters. The molecule has 0 amide bonds. The monoisotopic (exact) mass is 963 g/mol. The summed E-state index contributed by atoms with van der Waals surface area (Å²) in [7, 11) is -5.14. The Labute approximate surface area is 402 Å². The summed E-state index contributed by atoms with van der Waals surface area (Å²) >= 11 is 0. The number of esters is 2. The van der Waals surface area contributed by atoms with Gasteiger partial charge in [0, 0.05) is 12.8 Å². The molecular formula is C53H87O13P. The van der Waals surface area contributed by atoms with Crippen LogP contribution in [0, 0.1) is 0 Å². The molecule has 14 heteroatoms. The summed E-state index contributed by atoms with van der Waals surface area (Å²) in [5.74, 6) is -1.16. The summed E-state index contributed by atoms with van der Waals surface area (Å²) in [5, 5.41) is 50.2. The van der Waals surface area contributed by atoms with E-state index in [0.29, 0.717) is 12.8 Å². The molecule has 1 aliphatic carbocycles. The highest BCUT2D eigenvalue weighted by Gasteiger charge is 2.51. The fraction of sp³-hybridized carbons (Fsp3) is 0.660. The van der Waals surface area contributed by atoms with Gasteiger partial charge in [-0.25, -0.2) is 4.57 Å². The number of unbranched alkanes of at least 4 members (excludes halogenated alkanes) is 12. The molecule has 0 aliphatic heterocycles. The standard InChI is InChI=1S/C53H87O13P/c1-3-5-7-9-11-13-15-17-19-20-21-22-23-24-25-26-28-30-32-34-36-38-40-42-47(55)65-45(44-64-67(61,62)66-53-51(59)49(57)48(56)50(58)52(53)60)43-63-46(54)41-39-37-35-33-31-29-27-18-16-14-12-10-8-6-4-2/h5-8,11-14,17-19,21-22,27,31,33,45,48-53,56-60H,3-4,9-10,15-16,20,23-26,28-30,32,34-44H2,1-2H3,(H,61,62)/b7-5-,8-6-,13-11-,14-12-,19-17-,22-21-,27-18-,33-31-. The van der Waals surface area contributed by atoms with Crippen LogP contribution in [-0.2, 0) is 32.7 Å². The highest BCUT2D eigenvalue weighted by Crippen LogP contribution is 2.47. The van der Waals surface area contributed by atoms with Crippen LogP contribution in [0.3, 0.4) is 0 Å². The van der Waals surface area contributed by atoms with Crippen LogP contribution in [0.15, 0.2) is 97.2 Å². The smallest absolute Gasteiger partial charge is 0.462 e. The van der Waals surface area contributed by atoms with Crippen LogP contribution in [0.5, 0.6) is 0 Å². The predicted octanol–water partition coefficient (Wildman–Crippen LogP) is 10.6. The number of ether oxygens (including phenoxy) is 2. The van der Waals surface area contributed by atoms with Crippen molar-refractivity contribution < 1.29 is 63.1 Å². The van der Waals surface area contributed by atoms with Crippen molar-refractivity contribution in [3.05, 3.63) is 97.2 Å². The quantitative estimate of drug-likeness (QED) is 0.0146. The fourth-order valence-corrected chi connectivity index (χ4v) is 7.95. The lowest BCUT2D eigenvalue weighted by Crippen LogP contribution is -2.64. The van der Waals surface area contributed by atoms with Crippen LogP contribution >= 0.6 is 7.82 Å². The van der Waals surface area contributed by atoms with Crippen LogP contribution in [0.4, 0.5) is 0 Å². The predicted molar refractivity (Wildman–Crippen MR) is 267 cm³/mol. The lowest BCUT2D eigenvalue weighted by molar-refractivity contribution is -0.220. The van der Waals surface area contributed by atoms with E-state index in [1.165, 1.54) is 32.1 Å². The Hall–Kier alpha value is -3.23. The summed E-state index contributed by atoms with van der Waals surface area (Å²) < 4.78 is 33.6. The van der Waals surface area contributed by atoms with Crippen molar-refractivity contribution >= 4 is 19.8 Å². The maximum atomic E-state index is 12.8. The van der Waals surface area contributed by atoms with Crippen LogP contribution in [0.1, 0.15) is 168 Å². The Morgan fingerprint density at radius 1 is 0.463 bits per heavy atom. The summed E-state index contributed by atoms with van der Waals surface area (Å²) in [4.78, 5) is 35.8. The highest BCUT2D eigenvalue weighted by molar-refractivity contribution is 7.47. The molecule has 1 fully saturated rings. The highest BCUT2D eigenvalue weighted by atomic mass is 31.2. The van der Waals surface area contributed by atoms with Gasteiger partial charge in [-0.15, -0.1) is 0 Å². The van der Waals surface area contributed by atoms with Crippen molar-refractivity contribution in [2.24, 2.45) is 0 Å². The Morgan fingerprint density at radius 3 is 1.25 bits per heavy atom. The molecule has 6 atom stereocenters. The second kappa shape index (κ2) is 41.7. The Bertz CT molecular complexity index is 1530. The van der Waals surface area contributed by atoms with E-state index in [0.717, 1.165) is 96.3 Å². The number of hydrogen-bond donors (Lipinski definition) is 6. The molecule has 6 N–H and O–H groups in total. The van der Waals surface area contributed by atoms with E-state index in [2.05, 4.69) is 111 Å². The average molecular weight is 963 g/mol. The first-order chi connectivity index (χ1) is 32.4. The normalized spacial score (nSPS) is 22.0. The summed E-state index contributed by atoms with van der Waals surface area (Å²) in [6, 6.07) is 0. The lowest BCUT2D eigenvalue weighted by Gasteiger charge is -2.41. The van der Waals surface area contributed by atoms with Gasteiger partial charge in [-0.1, -0.05) is 162 Å². The Morgan fingerprint density at radius 2 is 0.806 bits per heavy atom. The van der Waals surface area contributed by atoms with Crippen LogP contribution < -0.4 is 0 Å². The Balaban J connectivity index is 2.42. The first kappa shape index (κ1) is 61.8. The van der Waals surface area contributed by atoms with Gasteiger partial charge in [0.15, 0.2) is 6.10 Å². The summed E-state index contributed by atoms with van der Waals surface area (Å²) in [6.45, 7) is 3.03. The molecule has 0 heterocycles.